The first-order valence-corrected chi connectivity index (χ1v) is 8.06. The first kappa shape index (κ1) is 17.2. The van der Waals surface area contributed by atoms with Gasteiger partial charge in [0.2, 0.25) is 5.60 Å². The number of nitrogens with zero attached hydrogens (tertiary/aromatic N) is 1. The number of alkyl halides is 2. The zero-order chi connectivity index (χ0) is 17.5. The van der Waals surface area contributed by atoms with Gasteiger partial charge in [-0.15, -0.1) is 0 Å². The molecule has 1 saturated heterocycles. The van der Waals surface area contributed by atoms with Gasteiger partial charge in [0.25, 0.3) is 11.1 Å². The minimum atomic E-state index is -2.78. The first-order valence-electron chi connectivity index (χ1n) is 7.27. The number of rotatable bonds is 4. The number of hydrogen-bond acceptors (Lipinski definition) is 4. The van der Waals surface area contributed by atoms with Gasteiger partial charge in [-0.05, 0) is 24.4 Å². The van der Waals surface area contributed by atoms with Crippen molar-refractivity contribution in [2.24, 2.45) is 0 Å². The maximum absolute atomic E-state index is 13.2. The summed E-state index contributed by atoms with van der Waals surface area (Å²) in [7, 11) is 0. The van der Waals surface area contributed by atoms with Crippen LogP contribution in [0.4, 0.5) is 8.78 Å². The van der Waals surface area contributed by atoms with Gasteiger partial charge in [-0.25, -0.2) is 13.6 Å². The summed E-state index contributed by atoms with van der Waals surface area (Å²) in [5, 5.41) is 9.33. The molecule has 0 aromatic heterocycles. The Kier molecular flexibility index (Phi) is 4.29. The number of benzene rings is 1. The summed E-state index contributed by atoms with van der Waals surface area (Å²) in [6.07, 6.45) is 0.517. The zero-order valence-corrected chi connectivity index (χ0v) is 14.0. The molecule has 1 N–H and O–H groups in total. The lowest BCUT2D eigenvalue weighted by Gasteiger charge is -2.20. The molecular weight excluding hydrogens is 364 g/mol. The van der Waals surface area contributed by atoms with Crippen LogP contribution in [0.1, 0.15) is 19.3 Å². The summed E-state index contributed by atoms with van der Waals surface area (Å²) >= 11 is 11.1. The minimum Gasteiger partial charge on any atom is -0.478 e. The monoisotopic (exact) mass is 377 g/mol. The van der Waals surface area contributed by atoms with Crippen LogP contribution in [0.5, 0.6) is 11.5 Å². The molecule has 0 spiro atoms. The molecule has 1 aromatic carbocycles. The summed E-state index contributed by atoms with van der Waals surface area (Å²) < 4.78 is 37.4. The normalized spacial score (nSPS) is 20.5. The predicted molar refractivity (Wildman–Crippen MR) is 86.0 cm³/mol. The largest absolute Gasteiger partial charge is 0.478 e. The highest BCUT2D eigenvalue weighted by atomic mass is 35.5. The van der Waals surface area contributed by atoms with E-state index in [1.807, 2.05) is 0 Å². The number of halogens is 3. The molecule has 1 aliphatic carbocycles. The van der Waals surface area contributed by atoms with Crippen LogP contribution >= 0.6 is 23.8 Å². The quantitative estimate of drug-likeness (QED) is 0.812. The van der Waals surface area contributed by atoms with Gasteiger partial charge in [0, 0.05) is 31.9 Å². The van der Waals surface area contributed by atoms with Crippen molar-refractivity contribution in [2.75, 3.05) is 13.1 Å². The van der Waals surface area contributed by atoms with Crippen LogP contribution < -0.4 is 9.47 Å². The third kappa shape index (κ3) is 3.54. The van der Waals surface area contributed by atoms with Crippen molar-refractivity contribution in [3.63, 3.8) is 0 Å². The summed E-state index contributed by atoms with van der Waals surface area (Å²) in [6.45, 7) is -0.365. The molecular formula is C15H14ClF2NO4S. The van der Waals surface area contributed by atoms with Crippen LogP contribution in [-0.4, -0.2) is 45.8 Å². The second-order valence-electron chi connectivity index (χ2n) is 5.89. The standard InChI is InChI=1S/C15H14ClF2NO4S/c16-10-2-1-9(7-11(10)23-14(3-4-14)12(20)21)22-13(24)19-6-5-15(17,18)8-19/h1-2,7H,3-6,8H2,(H,20,21). The van der Waals surface area contributed by atoms with Crippen molar-refractivity contribution in [1.29, 1.82) is 0 Å². The number of carbonyl (C=O) groups is 1. The highest BCUT2D eigenvalue weighted by Gasteiger charge is 2.53. The van der Waals surface area contributed by atoms with E-state index < -0.39 is 24.0 Å². The van der Waals surface area contributed by atoms with Crippen LogP contribution in [0.25, 0.3) is 0 Å². The van der Waals surface area contributed by atoms with E-state index in [-0.39, 0.29) is 34.7 Å². The fourth-order valence-corrected chi connectivity index (χ4v) is 2.77. The summed E-state index contributed by atoms with van der Waals surface area (Å²) in [5.74, 6) is -3.43. The number of ether oxygens (including phenoxy) is 2. The Labute approximate surface area is 147 Å². The average molecular weight is 378 g/mol. The Hall–Kier alpha value is -1.67. The van der Waals surface area contributed by atoms with E-state index in [9.17, 15) is 13.6 Å². The maximum atomic E-state index is 13.2. The molecule has 1 heterocycles. The Morgan fingerprint density at radius 2 is 2.04 bits per heavy atom. The molecule has 0 bridgehead atoms. The average Bonchev–Trinajstić information content (AvgIpc) is 3.19. The first-order chi connectivity index (χ1) is 11.2. The van der Waals surface area contributed by atoms with E-state index >= 15 is 0 Å². The van der Waals surface area contributed by atoms with Crippen LogP contribution in [-0.2, 0) is 4.79 Å². The number of carboxylic acid groups (broad SMARTS) is 1. The van der Waals surface area contributed by atoms with Gasteiger partial charge in [-0.2, -0.15) is 0 Å². The van der Waals surface area contributed by atoms with Crippen LogP contribution in [0.2, 0.25) is 5.02 Å². The number of hydrogen-bond donors (Lipinski definition) is 1. The molecule has 1 saturated carbocycles. The van der Waals surface area contributed by atoms with Crippen LogP contribution in [0.3, 0.4) is 0 Å². The van der Waals surface area contributed by atoms with Gasteiger partial charge in [0.15, 0.2) is 0 Å². The fourth-order valence-electron chi connectivity index (χ4n) is 2.37. The molecule has 1 aliphatic heterocycles. The number of thiocarbonyl (C=S) groups is 1. The Bertz CT molecular complexity index is 696. The smallest absolute Gasteiger partial charge is 0.348 e. The molecule has 0 unspecified atom stereocenters. The van der Waals surface area contributed by atoms with Crippen molar-refractivity contribution in [1.82, 2.24) is 4.90 Å². The SMILES string of the molecule is O=C(O)C1(Oc2cc(OC(=S)N3CCC(F)(F)C3)ccc2Cl)CC1. The molecule has 0 radical (unpaired) electrons. The second kappa shape index (κ2) is 6.00. The molecule has 0 amide bonds. The maximum Gasteiger partial charge on any atom is 0.348 e. The topological polar surface area (TPSA) is 59.0 Å². The Morgan fingerprint density at radius 1 is 1.33 bits per heavy atom. The summed E-state index contributed by atoms with van der Waals surface area (Å²) in [4.78, 5) is 12.5. The van der Waals surface area contributed by atoms with Gasteiger partial charge >= 0.3 is 5.97 Å². The van der Waals surface area contributed by atoms with E-state index in [0.29, 0.717) is 12.8 Å². The van der Waals surface area contributed by atoms with Crippen LogP contribution in [0.15, 0.2) is 18.2 Å². The van der Waals surface area contributed by atoms with Crippen LogP contribution in [0, 0.1) is 0 Å². The fraction of sp³-hybridized carbons (Fsp3) is 0.467. The van der Waals surface area contributed by atoms with E-state index in [4.69, 9.17) is 38.4 Å². The molecule has 2 fully saturated rings. The molecule has 130 valence electrons. The summed E-state index contributed by atoms with van der Waals surface area (Å²) in [6, 6.07) is 4.40. The van der Waals surface area contributed by atoms with Gasteiger partial charge in [-0.3, -0.25) is 0 Å². The van der Waals surface area contributed by atoms with E-state index in [1.54, 1.807) is 0 Å². The number of likely N-dealkylation sites (tertiary alicyclic amines) is 1. The highest BCUT2D eigenvalue weighted by molar-refractivity contribution is 7.80. The molecule has 9 heteroatoms. The summed E-state index contributed by atoms with van der Waals surface area (Å²) in [5.41, 5.74) is -1.25. The second-order valence-corrected chi connectivity index (χ2v) is 6.65. The minimum absolute atomic E-state index is 0.0696. The Morgan fingerprint density at radius 3 is 2.58 bits per heavy atom. The Balaban J connectivity index is 1.70. The van der Waals surface area contributed by atoms with Crippen molar-refractivity contribution in [3.05, 3.63) is 23.2 Å². The van der Waals surface area contributed by atoms with Gasteiger partial charge < -0.3 is 19.5 Å². The van der Waals surface area contributed by atoms with E-state index in [0.717, 1.165) is 0 Å². The van der Waals surface area contributed by atoms with Gasteiger partial charge in [0.1, 0.15) is 11.5 Å². The van der Waals surface area contributed by atoms with E-state index in [1.165, 1.54) is 23.1 Å². The van der Waals surface area contributed by atoms with Crippen molar-refractivity contribution < 1.29 is 28.2 Å². The third-order valence-electron chi connectivity index (χ3n) is 3.93. The van der Waals surface area contributed by atoms with Crippen molar-refractivity contribution in [2.45, 2.75) is 30.8 Å². The van der Waals surface area contributed by atoms with Gasteiger partial charge in [0.05, 0.1) is 11.6 Å². The molecule has 5 nitrogen and oxygen atoms in total. The molecule has 3 rings (SSSR count). The van der Waals surface area contributed by atoms with Crippen molar-refractivity contribution in [3.8, 4) is 11.5 Å². The molecule has 2 aliphatic rings. The highest BCUT2D eigenvalue weighted by Crippen LogP contribution is 2.43. The lowest BCUT2D eigenvalue weighted by molar-refractivity contribution is -0.147. The lowest BCUT2D eigenvalue weighted by atomic mass is 10.3. The molecule has 0 atom stereocenters. The van der Waals surface area contributed by atoms with Gasteiger partial charge in [-0.1, -0.05) is 11.6 Å². The predicted octanol–water partition coefficient (Wildman–Crippen LogP) is 3.34. The zero-order valence-electron chi connectivity index (χ0n) is 12.4. The molecule has 24 heavy (non-hydrogen) atoms. The third-order valence-corrected chi connectivity index (χ3v) is 4.59. The number of aliphatic carboxylic acids is 1. The number of carboxylic acids is 1. The van der Waals surface area contributed by atoms with E-state index in [2.05, 4.69) is 0 Å². The lowest BCUT2D eigenvalue weighted by Crippen LogP contribution is -2.33. The molecule has 1 aromatic rings. The van der Waals surface area contributed by atoms with Crippen molar-refractivity contribution >= 4 is 35.0 Å².